The Morgan fingerprint density at radius 1 is 1.06 bits per heavy atom. The maximum absolute atomic E-state index is 13.5. The summed E-state index contributed by atoms with van der Waals surface area (Å²) in [6.45, 7) is 3.68. The predicted molar refractivity (Wildman–Crippen MR) is 117 cm³/mol. The molecule has 0 radical (unpaired) electrons. The summed E-state index contributed by atoms with van der Waals surface area (Å²) >= 11 is 0. The Balaban J connectivity index is 0.000000247. The fourth-order valence-electron chi connectivity index (χ4n) is 3.80. The monoisotopic (exact) mass is 508 g/mol. The van der Waals surface area contributed by atoms with E-state index in [1.54, 1.807) is 0 Å². The molecular weight excluding hydrogens is 481 g/mol. The number of nitrogens with one attached hydrogen (secondary N) is 1. The van der Waals surface area contributed by atoms with Gasteiger partial charge in [-0.05, 0) is 62.2 Å². The number of rotatable bonds is 3. The fourth-order valence-corrected chi connectivity index (χ4v) is 3.80. The predicted octanol–water partition coefficient (Wildman–Crippen LogP) is 7.15. The molecule has 1 heterocycles. The molecule has 0 aliphatic carbocycles. The molecule has 1 amide bonds. The van der Waals surface area contributed by atoms with Gasteiger partial charge >= 0.3 is 18.4 Å². The van der Waals surface area contributed by atoms with Gasteiger partial charge in [0.2, 0.25) is 0 Å². The summed E-state index contributed by atoms with van der Waals surface area (Å²) in [7, 11) is 1.46. The van der Waals surface area contributed by atoms with E-state index in [1.807, 2.05) is 31.2 Å². The Morgan fingerprint density at radius 3 is 2.06 bits per heavy atom. The number of alkyl halides is 7. The molecule has 4 nitrogen and oxygen atoms in total. The lowest BCUT2D eigenvalue weighted by Crippen LogP contribution is -2.41. The van der Waals surface area contributed by atoms with Gasteiger partial charge in [-0.3, -0.25) is 0 Å². The van der Waals surface area contributed by atoms with Crippen LogP contribution in [0.4, 0.5) is 35.5 Å². The summed E-state index contributed by atoms with van der Waals surface area (Å²) in [5.74, 6) is 0. The van der Waals surface area contributed by atoms with Crippen LogP contribution in [0.1, 0.15) is 59.7 Å². The molecule has 3 atom stereocenters. The second-order valence-electron chi connectivity index (χ2n) is 8.32. The molecule has 0 bridgehead atoms. The van der Waals surface area contributed by atoms with Gasteiger partial charge < -0.3 is 15.3 Å². The van der Waals surface area contributed by atoms with Crippen LogP contribution in [-0.2, 0) is 12.4 Å². The van der Waals surface area contributed by atoms with Crippen LogP contribution in [0.2, 0.25) is 0 Å². The fraction of sp³-hybridized carbons (Fsp3) is 0.458. The normalized spacial score (nSPS) is 19.5. The topological polar surface area (TPSA) is 52.6 Å². The Hall–Kier alpha value is -2.82. The number of nitrogens with zero attached hydrogens (tertiary/aromatic N) is 1. The number of hydrogen-bond acceptors (Lipinski definition) is 2. The van der Waals surface area contributed by atoms with Crippen LogP contribution in [-0.4, -0.2) is 35.9 Å². The number of piperidine rings is 1. The standard InChI is InChI=1S/C13H16FNO2.C11H11F6N/c1-9-4-2-3-5-11(9)12-8-10(14)6-7-15(12)13(16)17;1-6(18-2)7-3-8(10(12,13)14)5-9(4-7)11(15,16)17/h2-5,10,12H,6-8H2,1H3,(H,16,17);3-6,18H,1-2H3/t;6-/m.1/s1. The average molecular weight is 508 g/mol. The number of likely N-dealkylation sites (tertiary alicyclic amines) is 1. The lowest BCUT2D eigenvalue weighted by molar-refractivity contribution is -0.143. The second kappa shape index (κ2) is 11.3. The van der Waals surface area contributed by atoms with Crippen LogP contribution in [0.15, 0.2) is 42.5 Å². The first-order valence-electron chi connectivity index (χ1n) is 10.8. The lowest BCUT2D eigenvalue weighted by Gasteiger charge is -2.36. The van der Waals surface area contributed by atoms with Crippen molar-refractivity contribution in [2.45, 2.75) is 57.3 Å². The number of carboxylic acid groups (broad SMARTS) is 1. The summed E-state index contributed by atoms with van der Waals surface area (Å²) < 4.78 is 88.6. The van der Waals surface area contributed by atoms with E-state index in [2.05, 4.69) is 5.32 Å². The van der Waals surface area contributed by atoms with Gasteiger partial charge in [0.1, 0.15) is 6.17 Å². The van der Waals surface area contributed by atoms with Crippen molar-refractivity contribution in [1.29, 1.82) is 0 Å². The third-order valence-corrected chi connectivity index (χ3v) is 5.87. The summed E-state index contributed by atoms with van der Waals surface area (Å²) in [4.78, 5) is 12.5. The number of halogens is 7. The molecule has 1 aliphatic heterocycles. The summed E-state index contributed by atoms with van der Waals surface area (Å²) in [6.07, 6.45) is -10.9. The van der Waals surface area contributed by atoms with Crippen molar-refractivity contribution in [1.82, 2.24) is 10.2 Å². The Bertz CT molecular complexity index is 976. The highest BCUT2D eigenvalue weighted by Crippen LogP contribution is 2.37. The summed E-state index contributed by atoms with van der Waals surface area (Å²) in [6, 6.07) is 8.18. The first-order chi connectivity index (χ1) is 16.1. The third-order valence-electron chi connectivity index (χ3n) is 5.87. The zero-order valence-electron chi connectivity index (χ0n) is 19.3. The van der Waals surface area contributed by atoms with Gasteiger partial charge in [-0.2, -0.15) is 26.3 Å². The van der Waals surface area contributed by atoms with E-state index >= 15 is 0 Å². The SMILES string of the molecule is CN[C@H](C)c1cc(C(F)(F)F)cc(C(F)(F)F)c1.Cc1ccccc1C1CC(F)CCN1C(=O)O. The van der Waals surface area contributed by atoms with Gasteiger partial charge in [-0.15, -0.1) is 0 Å². The second-order valence-corrected chi connectivity index (χ2v) is 8.32. The minimum absolute atomic E-state index is 0.0559. The molecule has 1 fully saturated rings. The smallest absolute Gasteiger partial charge is 0.416 e. The molecular formula is C24H27F7N2O2. The lowest BCUT2D eigenvalue weighted by atomic mass is 9.92. The molecule has 0 saturated carbocycles. The molecule has 1 aliphatic rings. The van der Waals surface area contributed by atoms with E-state index in [0.29, 0.717) is 6.42 Å². The van der Waals surface area contributed by atoms with E-state index in [0.717, 1.165) is 23.3 Å². The van der Waals surface area contributed by atoms with Crippen LogP contribution < -0.4 is 5.32 Å². The molecule has 2 N–H and O–H groups in total. The van der Waals surface area contributed by atoms with Gasteiger partial charge in [0.25, 0.3) is 0 Å². The molecule has 11 heteroatoms. The molecule has 0 aromatic heterocycles. The van der Waals surface area contributed by atoms with Crippen LogP contribution >= 0.6 is 0 Å². The van der Waals surface area contributed by atoms with Gasteiger partial charge in [-0.25, -0.2) is 9.18 Å². The molecule has 35 heavy (non-hydrogen) atoms. The highest BCUT2D eigenvalue weighted by molar-refractivity contribution is 5.66. The van der Waals surface area contributed by atoms with Gasteiger partial charge in [0.05, 0.1) is 17.2 Å². The van der Waals surface area contributed by atoms with Crippen LogP contribution in [0, 0.1) is 6.92 Å². The number of aryl methyl sites for hydroxylation is 1. The van der Waals surface area contributed by atoms with Crippen LogP contribution in [0.5, 0.6) is 0 Å². The number of benzene rings is 2. The van der Waals surface area contributed by atoms with Gasteiger partial charge in [0.15, 0.2) is 0 Å². The average Bonchev–Trinajstić information content (AvgIpc) is 2.77. The summed E-state index contributed by atoms with van der Waals surface area (Å²) in [5.41, 5.74) is -0.724. The van der Waals surface area contributed by atoms with E-state index in [4.69, 9.17) is 5.11 Å². The highest BCUT2D eigenvalue weighted by atomic mass is 19.4. The zero-order valence-corrected chi connectivity index (χ0v) is 19.3. The molecule has 0 spiro atoms. The zero-order chi connectivity index (χ0) is 26.6. The molecule has 2 aromatic carbocycles. The number of hydrogen-bond donors (Lipinski definition) is 2. The van der Waals surface area contributed by atoms with Gasteiger partial charge in [0, 0.05) is 19.0 Å². The van der Waals surface area contributed by atoms with Crippen molar-refractivity contribution in [2.75, 3.05) is 13.6 Å². The summed E-state index contributed by atoms with van der Waals surface area (Å²) in [5, 5.41) is 11.8. The molecule has 3 rings (SSSR count). The van der Waals surface area contributed by atoms with E-state index in [1.165, 1.54) is 18.9 Å². The van der Waals surface area contributed by atoms with Crippen molar-refractivity contribution in [3.63, 3.8) is 0 Å². The van der Waals surface area contributed by atoms with Crippen molar-refractivity contribution in [2.24, 2.45) is 0 Å². The quantitative estimate of drug-likeness (QED) is 0.433. The molecule has 2 unspecified atom stereocenters. The number of carbonyl (C=O) groups is 1. The van der Waals surface area contributed by atoms with Crippen molar-refractivity contribution in [3.8, 4) is 0 Å². The number of amides is 1. The molecule has 2 aromatic rings. The van der Waals surface area contributed by atoms with Crippen molar-refractivity contribution in [3.05, 3.63) is 70.3 Å². The van der Waals surface area contributed by atoms with E-state index in [9.17, 15) is 35.5 Å². The molecule has 1 saturated heterocycles. The van der Waals surface area contributed by atoms with E-state index < -0.39 is 41.8 Å². The van der Waals surface area contributed by atoms with Gasteiger partial charge in [-0.1, -0.05) is 24.3 Å². The maximum atomic E-state index is 13.5. The Kier molecular flexibility index (Phi) is 9.16. The van der Waals surface area contributed by atoms with Crippen molar-refractivity contribution < 1.29 is 40.6 Å². The first kappa shape index (κ1) is 28.4. The van der Waals surface area contributed by atoms with Crippen molar-refractivity contribution >= 4 is 6.09 Å². The third kappa shape index (κ3) is 7.58. The molecule has 194 valence electrons. The minimum atomic E-state index is -4.80. The largest absolute Gasteiger partial charge is 0.465 e. The van der Waals surface area contributed by atoms with Crippen LogP contribution in [0.3, 0.4) is 0 Å². The maximum Gasteiger partial charge on any atom is 0.416 e. The van der Waals surface area contributed by atoms with E-state index in [-0.39, 0.29) is 30.6 Å². The Labute approximate surface area is 198 Å². The van der Waals surface area contributed by atoms with Crippen LogP contribution in [0.25, 0.3) is 0 Å². The Morgan fingerprint density at radius 2 is 1.60 bits per heavy atom. The highest BCUT2D eigenvalue weighted by Gasteiger charge is 2.37. The minimum Gasteiger partial charge on any atom is -0.465 e. The first-order valence-corrected chi connectivity index (χ1v) is 10.8.